The molecule has 0 bridgehead atoms. The number of fused-ring (bicyclic) bond motifs is 2. The van der Waals surface area contributed by atoms with Gasteiger partial charge in [-0.1, -0.05) is 18.2 Å². The van der Waals surface area contributed by atoms with Crippen LogP contribution in [0.4, 0.5) is 25.2 Å². The first kappa shape index (κ1) is 46.4. The van der Waals surface area contributed by atoms with Crippen molar-refractivity contribution in [3.63, 3.8) is 0 Å². The fourth-order valence-corrected chi connectivity index (χ4v) is 10.4. The highest BCUT2D eigenvalue weighted by atomic mass is 32.2. The highest BCUT2D eigenvalue weighted by Gasteiger charge is 2.48. The molecule has 0 aliphatic carbocycles. The van der Waals surface area contributed by atoms with Crippen LogP contribution in [0.1, 0.15) is 57.7 Å². The lowest BCUT2D eigenvalue weighted by atomic mass is 9.97. The van der Waals surface area contributed by atoms with Crippen LogP contribution in [-0.2, 0) is 28.2 Å². The van der Waals surface area contributed by atoms with Gasteiger partial charge in [-0.15, -0.1) is 0 Å². The van der Waals surface area contributed by atoms with Crippen molar-refractivity contribution in [2.45, 2.75) is 44.3 Å². The lowest BCUT2D eigenvalue weighted by Gasteiger charge is -2.46. The molecule has 3 saturated heterocycles. The number of carbonyl (C=O) groups is 4. The summed E-state index contributed by atoms with van der Waals surface area (Å²) in [4.78, 5) is 64.3. The lowest BCUT2D eigenvalue weighted by molar-refractivity contribution is -0.129. The molecule has 0 unspecified atom stereocenters. The molecular weight excluding hydrogens is 905 g/mol. The summed E-state index contributed by atoms with van der Waals surface area (Å²) in [5.74, 6) is -2.44. The fourth-order valence-electron chi connectivity index (χ4n) is 9.53. The third kappa shape index (κ3) is 9.29. The number of aryl methyl sites for hydroxylation is 1. The number of likely N-dealkylation sites (tertiary alicyclic amines) is 1. The number of hydrogen-bond acceptors (Lipinski definition) is 14. The fraction of sp³-hybridized carbons (Fsp3) is 0.404. The summed E-state index contributed by atoms with van der Waals surface area (Å²) in [6, 6.07) is 16.4. The minimum Gasteiger partial charge on any atom is -0.493 e. The van der Waals surface area contributed by atoms with E-state index in [0.717, 1.165) is 27.6 Å². The van der Waals surface area contributed by atoms with Gasteiger partial charge in [-0.05, 0) is 66.9 Å². The van der Waals surface area contributed by atoms with E-state index in [4.69, 9.17) is 14.2 Å². The summed E-state index contributed by atoms with van der Waals surface area (Å²) in [7, 11) is -0.462. The molecule has 2 aromatic heterocycles. The van der Waals surface area contributed by atoms with Crippen molar-refractivity contribution < 1.29 is 50.6 Å². The molecule has 18 nitrogen and oxygen atoms in total. The summed E-state index contributed by atoms with van der Waals surface area (Å²) in [5.41, 5.74) is 2.10. The van der Waals surface area contributed by atoms with Crippen LogP contribution in [0.5, 0.6) is 23.0 Å². The zero-order chi connectivity index (χ0) is 48.1. The third-order valence-corrected chi connectivity index (χ3v) is 13.8. The van der Waals surface area contributed by atoms with Gasteiger partial charge in [0.2, 0.25) is 5.91 Å². The average molecular weight is 956 g/mol. The van der Waals surface area contributed by atoms with Gasteiger partial charge in [0, 0.05) is 83.2 Å². The molecular formula is C47H51F2N9O9S. The molecule has 68 heavy (non-hydrogen) atoms. The molecule has 5 aromatic rings. The van der Waals surface area contributed by atoms with Crippen LogP contribution in [0, 0.1) is 0 Å². The summed E-state index contributed by atoms with van der Waals surface area (Å²) >= 11 is 0. The highest BCUT2D eigenvalue weighted by Crippen LogP contribution is 2.39. The van der Waals surface area contributed by atoms with Crippen LogP contribution >= 0.6 is 0 Å². The highest BCUT2D eigenvalue weighted by molar-refractivity contribution is 7.90. The smallest absolute Gasteiger partial charge is 0.329 e. The molecule has 4 aliphatic rings. The lowest BCUT2D eigenvalue weighted by Crippen LogP contribution is -2.61. The van der Waals surface area contributed by atoms with Crippen LogP contribution < -0.4 is 29.3 Å². The largest absolute Gasteiger partial charge is 0.493 e. The Morgan fingerprint density at radius 3 is 2.31 bits per heavy atom. The molecule has 9 rings (SSSR count). The number of sulfone groups is 1. The number of piperidine rings is 1. The van der Waals surface area contributed by atoms with Crippen molar-refractivity contribution in [2.75, 3.05) is 81.3 Å². The van der Waals surface area contributed by atoms with E-state index in [0.29, 0.717) is 86.1 Å². The second-order valence-electron chi connectivity index (χ2n) is 17.4. The minimum absolute atomic E-state index is 0.0486. The predicted octanol–water partition coefficient (Wildman–Crippen LogP) is 5.03. The van der Waals surface area contributed by atoms with Gasteiger partial charge in [-0.3, -0.25) is 44.0 Å². The number of nitrogens with one attached hydrogen (secondary N) is 1. The summed E-state index contributed by atoms with van der Waals surface area (Å²) in [6.45, 7) is 4.12. The number of benzene rings is 3. The maximum absolute atomic E-state index is 16.0. The number of nitrogens with zero attached hydrogens (tertiary/aromatic N) is 8. The maximum atomic E-state index is 16.0. The first-order valence-electron chi connectivity index (χ1n) is 22.3. The zero-order valence-electron chi connectivity index (χ0n) is 38.0. The zero-order valence-corrected chi connectivity index (χ0v) is 38.8. The van der Waals surface area contributed by atoms with Gasteiger partial charge in [0.05, 0.1) is 54.7 Å². The van der Waals surface area contributed by atoms with Crippen LogP contribution in [0.15, 0.2) is 72.9 Å². The first-order chi connectivity index (χ1) is 32.5. The van der Waals surface area contributed by atoms with E-state index < -0.39 is 58.0 Å². The quantitative estimate of drug-likeness (QED) is 0.146. The number of alkyl halides is 2. The Labute approximate surface area is 391 Å². The molecule has 2 atom stereocenters. The summed E-state index contributed by atoms with van der Waals surface area (Å²) in [5, 5.41) is 7.57. The number of anilines is 2. The van der Waals surface area contributed by atoms with E-state index in [1.165, 1.54) is 24.3 Å². The second kappa shape index (κ2) is 18.4. The Kier molecular flexibility index (Phi) is 12.6. The number of aromatic nitrogens is 3. The molecule has 3 aromatic carbocycles. The molecule has 0 saturated carbocycles. The number of methoxy groups -OCH3 is 1. The number of ether oxygens (including phenoxy) is 3. The van der Waals surface area contributed by atoms with Crippen molar-refractivity contribution in [1.29, 1.82) is 0 Å². The van der Waals surface area contributed by atoms with Crippen LogP contribution in [0.3, 0.4) is 0 Å². The molecule has 4 aliphatic heterocycles. The van der Waals surface area contributed by atoms with E-state index in [-0.39, 0.29) is 36.4 Å². The van der Waals surface area contributed by atoms with Gasteiger partial charge < -0.3 is 19.1 Å². The van der Waals surface area contributed by atoms with Gasteiger partial charge in [0.1, 0.15) is 27.2 Å². The van der Waals surface area contributed by atoms with E-state index in [9.17, 15) is 27.6 Å². The van der Waals surface area contributed by atoms with Crippen molar-refractivity contribution in [3.8, 4) is 23.0 Å². The number of hydrogen-bond donors (Lipinski definition) is 1. The van der Waals surface area contributed by atoms with Crippen molar-refractivity contribution in [3.05, 3.63) is 95.2 Å². The Morgan fingerprint density at radius 2 is 1.62 bits per heavy atom. The van der Waals surface area contributed by atoms with Crippen molar-refractivity contribution in [1.82, 2.24) is 34.8 Å². The van der Waals surface area contributed by atoms with Crippen LogP contribution in [-0.4, -0.2) is 145 Å². The molecule has 1 N–H and O–H groups in total. The normalized spacial score (nSPS) is 19.6. The van der Waals surface area contributed by atoms with E-state index >= 15 is 8.78 Å². The first-order valence-corrected chi connectivity index (χ1v) is 24.4. The van der Waals surface area contributed by atoms with Gasteiger partial charge in [0.25, 0.3) is 17.7 Å². The number of pyridine rings is 1. The number of halogens is 2. The maximum Gasteiger partial charge on any atom is 0.329 e. The van der Waals surface area contributed by atoms with Gasteiger partial charge >= 0.3 is 6.03 Å². The van der Waals surface area contributed by atoms with E-state index in [1.807, 2.05) is 34.1 Å². The predicted molar refractivity (Wildman–Crippen MR) is 246 cm³/mol. The molecule has 21 heteroatoms. The molecule has 0 spiro atoms. The number of amides is 5. The molecule has 3 fully saturated rings. The number of piperazine rings is 1. The standard InChI is InChI=1S/C47H51F2N9O9S/c1-5-66-39-22-30(8-13-38(39)65-3)37(27-68(4,63)64)58-44(60)34-24-41(50-25-35(34)45(58)61)56-20-18-55(19-21-56)40-14-16-54(28-47(40,48)49)26-29-6-9-31(10-7-29)67-32-11-12-33-36(23-32)53(2)52-43(33)57-17-15-42(59)51-46(57)62/h6-13,22-25,37,40H,5,14-21,26-28H2,1-4H3,(H,51,59,62)/t37-,40-/m1/s1. The molecule has 0 radical (unpaired) electrons. The van der Waals surface area contributed by atoms with Crippen LogP contribution in [0.25, 0.3) is 10.9 Å². The summed E-state index contributed by atoms with van der Waals surface area (Å²) < 4.78 is 76.1. The molecule has 5 amide bonds. The second-order valence-corrected chi connectivity index (χ2v) is 19.6. The van der Waals surface area contributed by atoms with Crippen LogP contribution in [0.2, 0.25) is 0 Å². The van der Waals surface area contributed by atoms with Crippen molar-refractivity contribution >= 4 is 56.1 Å². The Morgan fingerprint density at radius 1 is 0.882 bits per heavy atom. The van der Waals surface area contributed by atoms with Gasteiger partial charge in [-0.2, -0.15) is 5.10 Å². The van der Waals surface area contributed by atoms with Gasteiger partial charge in [-0.25, -0.2) is 27.0 Å². The Hall–Kier alpha value is -6.71. The molecule has 6 heterocycles. The third-order valence-electron chi connectivity index (χ3n) is 12.8. The number of rotatable bonds is 14. The number of imide groups is 2. The average Bonchev–Trinajstić information content (AvgIpc) is 3.76. The topological polar surface area (TPSA) is 189 Å². The molecule has 358 valence electrons. The number of urea groups is 1. The van der Waals surface area contributed by atoms with Gasteiger partial charge in [0.15, 0.2) is 17.3 Å². The summed E-state index contributed by atoms with van der Waals surface area (Å²) in [6.07, 6.45) is 2.81. The SMILES string of the molecule is CCOc1cc([C@@H](CS(C)(=O)=O)N2C(=O)c3cnc(N4CCN([C@@H]5CCN(Cc6ccc(Oc7ccc8c(N9CCC(=O)NC9=O)nn(C)c8c7)cc6)CC5(F)F)CC4)cc3C2=O)ccc1OC. The Balaban J connectivity index is 0.796. The van der Waals surface area contributed by atoms with Crippen molar-refractivity contribution in [2.24, 2.45) is 7.05 Å². The van der Waals surface area contributed by atoms with E-state index in [2.05, 4.69) is 15.4 Å². The minimum atomic E-state index is -3.69. The monoisotopic (exact) mass is 955 g/mol. The Bertz CT molecular complexity index is 2910. The van der Waals surface area contributed by atoms with E-state index in [1.54, 1.807) is 60.0 Å². The number of carbonyl (C=O) groups excluding carboxylic acids is 4.